The Kier molecular flexibility index (Phi) is 1.85. The quantitative estimate of drug-likeness (QED) is 0.629. The van der Waals surface area contributed by atoms with Gasteiger partial charge in [-0.05, 0) is 18.2 Å². The first-order valence-electron chi connectivity index (χ1n) is 4.29. The first-order chi connectivity index (χ1) is 7.34. The van der Waals surface area contributed by atoms with Gasteiger partial charge in [0.15, 0.2) is 0 Å². The van der Waals surface area contributed by atoms with Crippen LogP contribution in [0.25, 0.3) is 0 Å². The Morgan fingerprint density at radius 2 is 2.27 bits per heavy atom. The monoisotopic (exact) mass is 220 g/mol. The van der Waals surface area contributed by atoms with E-state index < -0.39 is 0 Å². The summed E-state index contributed by atoms with van der Waals surface area (Å²) < 4.78 is 26.5. The molecule has 2 aliphatic heterocycles. The summed E-state index contributed by atoms with van der Waals surface area (Å²) >= 11 is 1.09. The Bertz CT molecular complexity index is 522. The van der Waals surface area contributed by atoms with Gasteiger partial charge in [0.05, 0.1) is 11.3 Å². The van der Waals surface area contributed by atoms with Crippen LogP contribution in [-0.2, 0) is 0 Å². The van der Waals surface area contributed by atoms with Gasteiger partial charge < -0.3 is 4.74 Å². The molecule has 0 saturated heterocycles. The summed E-state index contributed by atoms with van der Waals surface area (Å²) in [5.74, 6) is 0.323. The normalized spacial score (nSPS) is 17.1. The highest BCUT2D eigenvalue weighted by Crippen LogP contribution is 2.30. The van der Waals surface area contributed by atoms with Crippen molar-refractivity contribution in [3.05, 3.63) is 41.4 Å². The molecule has 0 saturated carbocycles. The first kappa shape index (κ1) is 8.67. The van der Waals surface area contributed by atoms with Crippen LogP contribution in [0.5, 0.6) is 5.75 Å². The van der Waals surface area contributed by atoms with E-state index in [-0.39, 0.29) is 5.82 Å². The molecule has 0 amide bonds. The molecule has 1 aromatic carbocycles. The standard InChI is InChI=1S/C10H5FN2OS/c11-7-1-2-9-8(3-7)10-6(5-14-9)4-12-15-13-10/h1-5H. The maximum absolute atomic E-state index is 13.1. The summed E-state index contributed by atoms with van der Waals surface area (Å²) in [6, 6.07) is 4.38. The minimum Gasteiger partial charge on any atom is -0.464 e. The van der Waals surface area contributed by atoms with Crippen molar-refractivity contribution < 1.29 is 9.13 Å². The Morgan fingerprint density at radius 1 is 1.33 bits per heavy atom. The summed E-state index contributed by atoms with van der Waals surface area (Å²) in [6.45, 7) is 0. The average Bonchev–Trinajstić information content (AvgIpc) is 2.29. The van der Waals surface area contributed by atoms with Crippen LogP contribution in [0.3, 0.4) is 0 Å². The van der Waals surface area contributed by atoms with Gasteiger partial charge in [0.25, 0.3) is 0 Å². The lowest BCUT2D eigenvalue weighted by atomic mass is 10.0. The van der Waals surface area contributed by atoms with E-state index in [9.17, 15) is 4.39 Å². The fourth-order valence-electron chi connectivity index (χ4n) is 1.47. The Balaban J connectivity index is 2.19. The number of benzene rings is 1. The van der Waals surface area contributed by atoms with Crippen molar-refractivity contribution >= 4 is 24.1 Å². The highest BCUT2D eigenvalue weighted by atomic mass is 32.2. The van der Waals surface area contributed by atoms with Crippen LogP contribution in [0.2, 0.25) is 0 Å². The van der Waals surface area contributed by atoms with Gasteiger partial charge in [-0.15, -0.1) is 0 Å². The third kappa shape index (κ3) is 1.35. The van der Waals surface area contributed by atoms with E-state index in [4.69, 9.17) is 4.74 Å². The molecule has 2 heterocycles. The summed E-state index contributed by atoms with van der Waals surface area (Å²) in [6.07, 6.45) is 3.23. The van der Waals surface area contributed by atoms with Crippen molar-refractivity contribution in [3.63, 3.8) is 0 Å². The van der Waals surface area contributed by atoms with Crippen molar-refractivity contribution in [3.8, 4) is 5.75 Å². The summed E-state index contributed by atoms with van der Waals surface area (Å²) in [5.41, 5.74) is 2.16. The number of fused-ring (bicyclic) bond motifs is 3. The lowest BCUT2D eigenvalue weighted by Crippen LogP contribution is -2.15. The van der Waals surface area contributed by atoms with Gasteiger partial charge in [0.2, 0.25) is 0 Å². The van der Waals surface area contributed by atoms with E-state index in [2.05, 4.69) is 8.80 Å². The molecule has 0 aliphatic carbocycles. The predicted octanol–water partition coefficient (Wildman–Crippen LogP) is 2.54. The largest absolute Gasteiger partial charge is 0.464 e. The number of ether oxygens (including phenoxy) is 1. The van der Waals surface area contributed by atoms with E-state index in [0.29, 0.717) is 11.3 Å². The van der Waals surface area contributed by atoms with Crippen molar-refractivity contribution in [1.29, 1.82) is 0 Å². The first-order valence-corrected chi connectivity index (χ1v) is 5.02. The Labute approximate surface area is 89.7 Å². The summed E-state index contributed by atoms with van der Waals surface area (Å²) in [4.78, 5) is 0. The van der Waals surface area contributed by atoms with Crippen LogP contribution in [0, 0.1) is 5.82 Å². The van der Waals surface area contributed by atoms with Crippen LogP contribution in [0.4, 0.5) is 4.39 Å². The van der Waals surface area contributed by atoms with Crippen LogP contribution < -0.4 is 4.74 Å². The van der Waals surface area contributed by atoms with Crippen LogP contribution in [0.1, 0.15) is 5.56 Å². The molecular weight excluding hydrogens is 215 g/mol. The molecule has 3 nitrogen and oxygen atoms in total. The lowest BCUT2D eigenvalue weighted by molar-refractivity contribution is 0.473. The van der Waals surface area contributed by atoms with Gasteiger partial charge in [0.1, 0.15) is 30.0 Å². The maximum atomic E-state index is 13.1. The summed E-state index contributed by atoms with van der Waals surface area (Å²) in [5, 5.41) is 0. The fraction of sp³-hybridized carbons (Fsp3) is 0. The Hall–Kier alpha value is -1.62. The zero-order chi connectivity index (χ0) is 10.3. The molecule has 0 aromatic heterocycles. The SMILES string of the molecule is Fc1ccc2c(c1)C1=NSN=CC1=CO2. The molecule has 5 heteroatoms. The van der Waals surface area contributed by atoms with Crippen LogP contribution in [0.15, 0.2) is 38.8 Å². The number of rotatable bonds is 0. The van der Waals surface area contributed by atoms with Gasteiger partial charge in [-0.3, -0.25) is 0 Å². The second kappa shape index (κ2) is 3.20. The van der Waals surface area contributed by atoms with Crippen molar-refractivity contribution in [2.75, 3.05) is 0 Å². The molecule has 0 fully saturated rings. The molecule has 1 aromatic rings. The zero-order valence-corrected chi connectivity index (χ0v) is 8.29. The van der Waals surface area contributed by atoms with Crippen molar-refractivity contribution in [2.45, 2.75) is 0 Å². The van der Waals surface area contributed by atoms with Gasteiger partial charge in [-0.2, -0.15) is 4.40 Å². The highest BCUT2D eigenvalue weighted by molar-refractivity contribution is 7.97. The van der Waals surface area contributed by atoms with Gasteiger partial charge in [0, 0.05) is 11.8 Å². The number of hydrogen-bond donors (Lipinski definition) is 0. The third-order valence-corrected chi connectivity index (χ3v) is 2.62. The predicted molar refractivity (Wildman–Crippen MR) is 57.7 cm³/mol. The molecule has 0 spiro atoms. The van der Waals surface area contributed by atoms with Gasteiger partial charge in [-0.25, -0.2) is 8.79 Å². The number of hydrogen-bond acceptors (Lipinski definition) is 4. The van der Waals surface area contributed by atoms with E-state index in [1.807, 2.05) is 0 Å². The smallest absolute Gasteiger partial charge is 0.136 e. The molecule has 15 heavy (non-hydrogen) atoms. The summed E-state index contributed by atoms with van der Waals surface area (Å²) in [7, 11) is 0. The van der Waals surface area contributed by atoms with Crippen molar-refractivity contribution in [1.82, 2.24) is 0 Å². The second-order valence-electron chi connectivity index (χ2n) is 3.09. The molecule has 0 unspecified atom stereocenters. The molecule has 2 aliphatic rings. The van der Waals surface area contributed by atoms with E-state index >= 15 is 0 Å². The fourth-order valence-corrected chi connectivity index (χ4v) is 1.96. The van der Waals surface area contributed by atoms with E-state index in [1.54, 1.807) is 18.5 Å². The maximum Gasteiger partial charge on any atom is 0.136 e. The number of halogens is 1. The van der Waals surface area contributed by atoms with Gasteiger partial charge >= 0.3 is 0 Å². The molecule has 0 N–H and O–H groups in total. The minimum atomic E-state index is -0.297. The van der Waals surface area contributed by atoms with Crippen molar-refractivity contribution in [2.24, 2.45) is 8.80 Å². The third-order valence-electron chi connectivity index (χ3n) is 2.15. The minimum absolute atomic E-state index is 0.297. The molecular formula is C10H5FN2OS. The molecule has 0 atom stereocenters. The zero-order valence-electron chi connectivity index (χ0n) is 7.48. The number of nitrogens with zero attached hydrogens (tertiary/aromatic N) is 2. The number of allylic oxidation sites excluding steroid dienone is 1. The highest BCUT2D eigenvalue weighted by Gasteiger charge is 2.21. The Morgan fingerprint density at radius 3 is 3.20 bits per heavy atom. The lowest BCUT2D eigenvalue weighted by Gasteiger charge is -2.18. The molecule has 74 valence electrons. The van der Waals surface area contributed by atoms with Crippen LogP contribution >= 0.6 is 12.1 Å². The molecule has 0 bridgehead atoms. The molecule has 3 rings (SSSR count). The molecule has 0 radical (unpaired) electrons. The second-order valence-corrected chi connectivity index (χ2v) is 3.64. The topological polar surface area (TPSA) is 34.0 Å². The van der Waals surface area contributed by atoms with E-state index in [0.717, 1.165) is 23.4 Å². The van der Waals surface area contributed by atoms with Crippen LogP contribution in [-0.4, -0.2) is 11.9 Å². The van der Waals surface area contributed by atoms with E-state index in [1.165, 1.54) is 12.1 Å². The van der Waals surface area contributed by atoms with Gasteiger partial charge in [-0.1, -0.05) is 0 Å². The average molecular weight is 220 g/mol.